The molecule has 1 atom stereocenters. The molecular weight excluding hydrogens is 222 g/mol. The molecule has 0 saturated heterocycles. The van der Waals surface area contributed by atoms with Crippen molar-refractivity contribution in [1.82, 2.24) is 5.32 Å². The molecule has 1 aromatic rings. The van der Waals surface area contributed by atoms with E-state index in [1.165, 1.54) is 37.7 Å². The van der Waals surface area contributed by atoms with E-state index in [9.17, 15) is 5.11 Å². The highest BCUT2D eigenvalue weighted by molar-refractivity contribution is 5.44. The van der Waals surface area contributed by atoms with Crippen molar-refractivity contribution in [2.75, 3.05) is 0 Å². The van der Waals surface area contributed by atoms with Crippen LogP contribution < -0.4 is 5.32 Å². The van der Waals surface area contributed by atoms with Gasteiger partial charge in [-0.15, -0.1) is 0 Å². The molecule has 98 valence electrons. The van der Waals surface area contributed by atoms with Crippen LogP contribution in [0.3, 0.4) is 0 Å². The van der Waals surface area contributed by atoms with Crippen molar-refractivity contribution in [2.24, 2.45) is 0 Å². The zero-order valence-electron chi connectivity index (χ0n) is 11.2. The molecule has 2 aliphatic carbocycles. The van der Waals surface area contributed by atoms with Crippen LogP contribution in [0.25, 0.3) is 0 Å². The molecule has 3 rings (SSSR count). The standard InChI is InChI=1S/C16H23NO/c1-16(10-3-2-4-11-16)17-14-9-8-13-12(14)6-5-7-15(13)18/h5-7,14,17-18H,2-4,8-11H2,1H3. The molecule has 1 saturated carbocycles. The first-order valence-corrected chi connectivity index (χ1v) is 7.26. The Morgan fingerprint density at radius 1 is 1.22 bits per heavy atom. The van der Waals surface area contributed by atoms with Crippen molar-refractivity contribution in [3.63, 3.8) is 0 Å². The van der Waals surface area contributed by atoms with Gasteiger partial charge in [-0.1, -0.05) is 31.4 Å². The minimum Gasteiger partial charge on any atom is -0.508 e. The minimum absolute atomic E-state index is 0.302. The number of hydrogen-bond acceptors (Lipinski definition) is 2. The molecule has 0 amide bonds. The Hall–Kier alpha value is -1.02. The van der Waals surface area contributed by atoms with Gasteiger partial charge in [-0.3, -0.25) is 0 Å². The maximum atomic E-state index is 9.89. The summed E-state index contributed by atoms with van der Waals surface area (Å²) in [6.45, 7) is 2.37. The Labute approximate surface area is 109 Å². The number of benzene rings is 1. The number of rotatable bonds is 2. The smallest absolute Gasteiger partial charge is 0.119 e. The third-order valence-electron chi connectivity index (χ3n) is 4.73. The molecular formula is C16H23NO. The fourth-order valence-electron chi connectivity index (χ4n) is 3.68. The van der Waals surface area contributed by atoms with E-state index in [0.29, 0.717) is 17.3 Å². The van der Waals surface area contributed by atoms with Crippen LogP contribution in [-0.2, 0) is 6.42 Å². The van der Waals surface area contributed by atoms with Gasteiger partial charge in [-0.05, 0) is 49.8 Å². The van der Waals surface area contributed by atoms with Crippen LogP contribution in [0.15, 0.2) is 18.2 Å². The molecule has 0 aliphatic heterocycles. The van der Waals surface area contributed by atoms with Crippen molar-refractivity contribution in [3.05, 3.63) is 29.3 Å². The maximum absolute atomic E-state index is 9.89. The van der Waals surface area contributed by atoms with E-state index >= 15 is 0 Å². The number of hydrogen-bond donors (Lipinski definition) is 2. The molecule has 1 unspecified atom stereocenters. The van der Waals surface area contributed by atoms with Gasteiger partial charge in [0.2, 0.25) is 0 Å². The number of fused-ring (bicyclic) bond motifs is 1. The molecule has 1 fully saturated rings. The predicted octanol–water partition coefficient (Wildman–Crippen LogP) is 3.69. The summed E-state index contributed by atoms with van der Waals surface area (Å²) in [5.74, 6) is 0.477. The average Bonchev–Trinajstić information content (AvgIpc) is 2.74. The van der Waals surface area contributed by atoms with Crippen molar-refractivity contribution < 1.29 is 5.11 Å². The summed E-state index contributed by atoms with van der Waals surface area (Å²) in [7, 11) is 0. The highest BCUT2D eigenvalue weighted by Gasteiger charge is 2.33. The van der Waals surface area contributed by atoms with Gasteiger partial charge in [0, 0.05) is 11.6 Å². The lowest BCUT2D eigenvalue weighted by atomic mass is 9.82. The van der Waals surface area contributed by atoms with Gasteiger partial charge in [-0.25, -0.2) is 0 Å². The van der Waals surface area contributed by atoms with E-state index < -0.39 is 0 Å². The Morgan fingerprint density at radius 3 is 2.78 bits per heavy atom. The molecule has 0 aromatic heterocycles. The lowest BCUT2D eigenvalue weighted by molar-refractivity contribution is 0.227. The first-order chi connectivity index (χ1) is 8.68. The van der Waals surface area contributed by atoms with Crippen molar-refractivity contribution in [3.8, 4) is 5.75 Å². The highest BCUT2D eigenvalue weighted by atomic mass is 16.3. The van der Waals surface area contributed by atoms with Crippen LogP contribution in [0.1, 0.15) is 62.6 Å². The molecule has 18 heavy (non-hydrogen) atoms. The van der Waals surface area contributed by atoms with Gasteiger partial charge < -0.3 is 10.4 Å². The topological polar surface area (TPSA) is 32.3 Å². The zero-order chi connectivity index (χ0) is 12.6. The predicted molar refractivity (Wildman–Crippen MR) is 73.8 cm³/mol. The second-order valence-corrected chi connectivity index (χ2v) is 6.20. The van der Waals surface area contributed by atoms with Gasteiger partial charge in [0.15, 0.2) is 0 Å². The Balaban J connectivity index is 1.78. The molecule has 0 bridgehead atoms. The fourth-order valence-corrected chi connectivity index (χ4v) is 3.68. The second-order valence-electron chi connectivity index (χ2n) is 6.20. The molecule has 2 nitrogen and oxygen atoms in total. The van der Waals surface area contributed by atoms with E-state index in [1.807, 2.05) is 12.1 Å². The molecule has 0 spiro atoms. The lowest BCUT2D eigenvalue weighted by Crippen LogP contribution is -2.45. The van der Waals surface area contributed by atoms with E-state index in [-0.39, 0.29) is 0 Å². The fraction of sp³-hybridized carbons (Fsp3) is 0.625. The van der Waals surface area contributed by atoms with Gasteiger partial charge >= 0.3 is 0 Å². The third-order valence-corrected chi connectivity index (χ3v) is 4.73. The van der Waals surface area contributed by atoms with E-state index in [2.05, 4.69) is 18.3 Å². The van der Waals surface area contributed by atoms with Gasteiger partial charge in [0.25, 0.3) is 0 Å². The van der Waals surface area contributed by atoms with Gasteiger partial charge in [0.1, 0.15) is 5.75 Å². The highest BCUT2D eigenvalue weighted by Crippen LogP contribution is 2.39. The molecule has 2 N–H and O–H groups in total. The van der Waals surface area contributed by atoms with Crippen molar-refractivity contribution in [1.29, 1.82) is 0 Å². The van der Waals surface area contributed by atoms with E-state index in [4.69, 9.17) is 0 Å². The zero-order valence-corrected chi connectivity index (χ0v) is 11.2. The van der Waals surface area contributed by atoms with E-state index in [1.54, 1.807) is 0 Å². The number of nitrogens with one attached hydrogen (secondary N) is 1. The first-order valence-electron chi connectivity index (χ1n) is 7.26. The number of phenolic OH excluding ortho intramolecular Hbond substituents is 1. The monoisotopic (exact) mass is 245 g/mol. The second kappa shape index (κ2) is 4.58. The van der Waals surface area contributed by atoms with Crippen LogP contribution >= 0.6 is 0 Å². The summed E-state index contributed by atoms with van der Waals surface area (Å²) in [4.78, 5) is 0. The molecule has 0 heterocycles. The average molecular weight is 245 g/mol. The summed E-state index contributed by atoms with van der Waals surface area (Å²) in [5.41, 5.74) is 2.78. The van der Waals surface area contributed by atoms with Crippen LogP contribution in [0.5, 0.6) is 5.75 Å². The number of aromatic hydroxyl groups is 1. The lowest BCUT2D eigenvalue weighted by Gasteiger charge is -2.37. The minimum atomic E-state index is 0.302. The molecule has 2 heteroatoms. The number of phenols is 1. The first kappa shape index (κ1) is 12.0. The van der Waals surface area contributed by atoms with Gasteiger partial charge in [-0.2, -0.15) is 0 Å². The summed E-state index contributed by atoms with van der Waals surface area (Å²) in [6.07, 6.45) is 8.80. The third kappa shape index (κ3) is 2.14. The van der Waals surface area contributed by atoms with Crippen LogP contribution in [0.2, 0.25) is 0 Å². The van der Waals surface area contributed by atoms with Crippen molar-refractivity contribution in [2.45, 2.75) is 63.5 Å². The quantitative estimate of drug-likeness (QED) is 0.833. The SMILES string of the molecule is CC1(NC2CCc3c(O)cccc32)CCCCC1. The van der Waals surface area contributed by atoms with Crippen LogP contribution in [0.4, 0.5) is 0 Å². The van der Waals surface area contributed by atoms with Gasteiger partial charge in [0.05, 0.1) is 0 Å². The summed E-state index contributed by atoms with van der Waals surface area (Å²) in [6, 6.07) is 6.39. The Morgan fingerprint density at radius 2 is 2.00 bits per heavy atom. The summed E-state index contributed by atoms with van der Waals surface area (Å²) >= 11 is 0. The Bertz CT molecular complexity index is 435. The molecule has 1 aromatic carbocycles. The molecule has 0 radical (unpaired) electrons. The van der Waals surface area contributed by atoms with Crippen LogP contribution in [-0.4, -0.2) is 10.6 Å². The maximum Gasteiger partial charge on any atom is 0.119 e. The normalized spacial score (nSPS) is 25.9. The van der Waals surface area contributed by atoms with Crippen molar-refractivity contribution >= 4 is 0 Å². The largest absolute Gasteiger partial charge is 0.508 e. The summed E-state index contributed by atoms with van der Waals surface area (Å²) in [5, 5.41) is 13.8. The van der Waals surface area contributed by atoms with Crippen LogP contribution in [0, 0.1) is 0 Å². The molecule has 2 aliphatic rings. The Kier molecular flexibility index (Phi) is 3.06. The van der Waals surface area contributed by atoms with E-state index in [0.717, 1.165) is 18.4 Å². The summed E-state index contributed by atoms with van der Waals surface area (Å²) < 4.78 is 0.